The van der Waals surface area contributed by atoms with E-state index in [2.05, 4.69) is 27.7 Å². The van der Waals surface area contributed by atoms with Gasteiger partial charge in [-0.2, -0.15) is 0 Å². The molecule has 138 valence electrons. The van der Waals surface area contributed by atoms with Crippen LogP contribution >= 0.6 is 0 Å². The van der Waals surface area contributed by atoms with Gasteiger partial charge in [-0.1, -0.05) is 39.7 Å². The van der Waals surface area contributed by atoms with Gasteiger partial charge in [0.25, 0.3) is 0 Å². The van der Waals surface area contributed by atoms with Gasteiger partial charge < -0.3 is 9.47 Å². The molecule has 0 spiro atoms. The molecule has 1 saturated heterocycles. The van der Waals surface area contributed by atoms with Crippen molar-refractivity contribution in [3.05, 3.63) is 11.1 Å². The molecule has 4 rings (SSSR count). The van der Waals surface area contributed by atoms with Gasteiger partial charge in [-0.3, -0.25) is 9.59 Å². The maximum absolute atomic E-state index is 12.7. The standard InChI is InChI=1S/C21H30O4/c1-5-13(2)6-7-24-18-21-12-20(21,17(23)25-18)9-14-8-19(3,4)10-15(14)16(21)11-22/h11,13-14,18H,5-10,12H2,1-4H3/t13-,14-,18+,20+,21+/m0/s1. The second-order valence-electron chi connectivity index (χ2n) is 9.64. The Hall–Kier alpha value is -1.16. The van der Waals surface area contributed by atoms with Gasteiger partial charge in [-0.25, -0.2) is 0 Å². The number of hydrogen-bond acceptors (Lipinski definition) is 4. The molecule has 5 atom stereocenters. The molecular weight excluding hydrogens is 316 g/mol. The number of rotatable bonds is 6. The van der Waals surface area contributed by atoms with Crippen molar-refractivity contribution in [1.29, 1.82) is 0 Å². The smallest absolute Gasteiger partial charge is 0.315 e. The Kier molecular flexibility index (Phi) is 3.74. The molecule has 0 N–H and O–H groups in total. The third-order valence-corrected chi connectivity index (χ3v) is 7.39. The minimum absolute atomic E-state index is 0.135. The number of carbonyl (C=O) groups is 2. The van der Waals surface area contributed by atoms with E-state index in [1.165, 1.54) is 5.57 Å². The van der Waals surface area contributed by atoms with Crippen LogP contribution < -0.4 is 0 Å². The van der Waals surface area contributed by atoms with E-state index < -0.39 is 17.1 Å². The molecular formula is C21H30O4. The van der Waals surface area contributed by atoms with E-state index in [0.29, 0.717) is 18.4 Å². The fourth-order valence-electron chi connectivity index (χ4n) is 5.80. The Morgan fingerprint density at radius 2 is 2.12 bits per heavy atom. The first kappa shape index (κ1) is 17.3. The summed E-state index contributed by atoms with van der Waals surface area (Å²) in [6.45, 7) is 9.48. The Balaban J connectivity index is 1.63. The summed E-state index contributed by atoms with van der Waals surface area (Å²) in [5, 5.41) is 0. The number of allylic oxidation sites excluding steroid dienone is 1. The van der Waals surface area contributed by atoms with E-state index in [-0.39, 0.29) is 11.4 Å². The zero-order valence-electron chi connectivity index (χ0n) is 15.9. The highest BCUT2D eigenvalue weighted by Crippen LogP contribution is 2.80. The molecule has 0 aromatic rings. The van der Waals surface area contributed by atoms with Crippen LogP contribution in [0.25, 0.3) is 0 Å². The summed E-state index contributed by atoms with van der Waals surface area (Å²) in [4.78, 5) is 24.8. The fraction of sp³-hybridized carbons (Fsp3) is 0.810. The lowest BCUT2D eigenvalue weighted by atomic mass is 9.72. The van der Waals surface area contributed by atoms with Crippen LogP contribution in [0.1, 0.15) is 66.2 Å². The van der Waals surface area contributed by atoms with Crippen LogP contribution in [0.3, 0.4) is 0 Å². The van der Waals surface area contributed by atoms with E-state index in [0.717, 1.165) is 50.4 Å². The first-order chi connectivity index (χ1) is 11.8. The monoisotopic (exact) mass is 346 g/mol. The van der Waals surface area contributed by atoms with E-state index in [9.17, 15) is 9.59 Å². The predicted octanol–water partition coefficient (Wildman–Crippen LogP) is 4.03. The van der Waals surface area contributed by atoms with Crippen molar-refractivity contribution in [3.8, 4) is 0 Å². The quantitative estimate of drug-likeness (QED) is 0.538. The van der Waals surface area contributed by atoms with Gasteiger partial charge >= 0.3 is 5.97 Å². The van der Waals surface area contributed by atoms with E-state index in [1.807, 2.05) is 0 Å². The third kappa shape index (κ3) is 2.22. The molecule has 0 aromatic heterocycles. The lowest BCUT2D eigenvalue weighted by molar-refractivity contribution is -0.177. The van der Waals surface area contributed by atoms with Gasteiger partial charge in [-0.15, -0.1) is 0 Å². The molecule has 1 aliphatic heterocycles. The van der Waals surface area contributed by atoms with Gasteiger partial charge in [0.05, 0.1) is 17.4 Å². The van der Waals surface area contributed by atoms with E-state index >= 15 is 0 Å². The van der Waals surface area contributed by atoms with Crippen molar-refractivity contribution in [2.45, 2.75) is 72.5 Å². The zero-order chi connectivity index (χ0) is 18.0. The molecule has 3 fully saturated rings. The molecule has 0 radical (unpaired) electrons. The average molecular weight is 346 g/mol. The Morgan fingerprint density at radius 1 is 1.36 bits per heavy atom. The highest BCUT2D eigenvalue weighted by atomic mass is 16.7. The van der Waals surface area contributed by atoms with Gasteiger partial charge in [0.1, 0.15) is 6.29 Å². The van der Waals surface area contributed by atoms with Crippen LogP contribution in [-0.4, -0.2) is 25.2 Å². The predicted molar refractivity (Wildman–Crippen MR) is 93.6 cm³/mol. The topological polar surface area (TPSA) is 52.6 Å². The van der Waals surface area contributed by atoms with Crippen LogP contribution in [0, 0.1) is 28.1 Å². The first-order valence-corrected chi connectivity index (χ1v) is 9.81. The second kappa shape index (κ2) is 5.42. The summed E-state index contributed by atoms with van der Waals surface area (Å²) in [7, 11) is 0. The minimum atomic E-state index is -0.568. The molecule has 4 nitrogen and oxygen atoms in total. The lowest BCUT2D eigenvalue weighted by Gasteiger charge is -2.30. The molecule has 0 bridgehead atoms. The minimum Gasteiger partial charge on any atom is -0.434 e. The molecule has 0 unspecified atom stereocenters. The van der Waals surface area contributed by atoms with Crippen molar-refractivity contribution < 1.29 is 19.1 Å². The average Bonchev–Trinajstić information content (AvgIpc) is 3.06. The van der Waals surface area contributed by atoms with Crippen molar-refractivity contribution in [2.75, 3.05) is 6.61 Å². The maximum Gasteiger partial charge on any atom is 0.315 e. The van der Waals surface area contributed by atoms with E-state index in [4.69, 9.17) is 9.47 Å². The van der Waals surface area contributed by atoms with Crippen LogP contribution in [0.5, 0.6) is 0 Å². The number of ether oxygens (including phenoxy) is 2. The number of carbonyl (C=O) groups excluding carboxylic acids is 2. The number of fused-ring (bicyclic) bond motifs is 1. The summed E-state index contributed by atoms with van der Waals surface area (Å²) < 4.78 is 11.7. The van der Waals surface area contributed by atoms with Gasteiger partial charge in [0.15, 0.2) is 0 Å². The second-order valence-corrected chi connectivity index (χ2v) is 9.64. The van der Waals surface area contributed by atoms with Crippen LogP contribution in [-0.2, 0) is 19.1 Å². The molecule has 1 heterocycles. The lowest BCUT2D eigenvalue weighted by Crippen LogP contribution is -2.33. The van der Waals surface area contributed by atoms with Crippen molar-refractivity contribution >= 4 is 12.3 Å². The number of hydrogen-bond donors (Lipinski definition) is 0. The van der Waals surface area contributed by atoms with Gasteiger partial charge in [0.2, 0.25) is 6.29 Å². The van der Waals surface area contributed by atoms with Crippen LogP contribution in [0.2, 0.25) is 0 Å². The summed E-state index contributed by atoms with van der Waals surface area (Å²) in [6, 6.07) is 0. The molecule has 4 aliphatic rings. The van der Waals surface area contributed by atoms with Crippen molar-refractivity contribution in [3.63, 3.8) is 0 Å². The van der Waals surface area contributed by atoms with Crippen LogP contribution in [0.15, 0.2) is 11.1 Å². The van der Waals surface area contributed by atoms with Crippen molar-refractivity contribution in [2.24, 2.45) is 28.1 Å². The summed E-state index contributed by atoms with van der Waals surface area (Å²) in [5.74, 6) is 0.815. The molecule has 3 aliphatic carbocycles. The SMILES string of the molecule is CC[C@H](C)CCO[C@@H]1OC(=O)[C@]23C[C@@H]4CC(C)(C)CC4=C(C=O)[C@]12C3. The first-order valence-electron chi connectivity index (χ1n) is 9.81. The molecule has 4 heteroatoms. The molecule has 2 saturated carbocycles. The Labute approximate surface area is 150 Å². The molecule has 25 heavy (non-hydrogen) atoms. The molecule has 0 aromatic carbocycles. The van der Waals surface area contributed by atoms with E-state index in [1.54, 1.807) is 0 Å². The normalized spacial score (nSPS) is 41.7. The third-order valence-electron chi connectivity index (χ3n) is 7.39. The highest BCUT2D eigenvalue weighted by molar-refractivity contribution is 5.93. The maximum atomic E-state index is 12.7. The van der Waals surface area contributed by atoms with Gasteiger partial charge in [0, 0.05) is 5.57 Å². The van der Waals surface area contributed by atoms with Crippen LogP contribution in [0.4, 0.5) is 0 Å². The number of esters is 1. The zero-order valence-corrected chi connectivity index (χ0v) is 15.9. The summed E-state index contributed by atoms with van der Waals surface area (Å²) in [6.07, 6.45) is 6.11. The summed E-state index contributed by atoms with van der Waals surface area (Å²) >= 11 is 0. The highest BCUT2D eigenvalue weighted by Gasteiger charge is 2.85. The number of cyclic esters (lactones) is 1. The van der Waals surface area contributed by atoms with Crippen molar-refractivity contribution in [1.82, 2.24) is 0 Å². The molecule has 0 amide bonds. The fourth-order valence-corrected chi connectivity index (χ4v) is 5.80. The number of aldehydes is 1. The van der Waals surface area contributed by atoms with Gasteiger partial charge in [-0.05, 0) is 49.4 Å². The largest absolute Gasteiger partial charge is 0.434 e. The Bertz CT molecular complexity index is 648. The Morgan fingerprint density at radius 3 is 2.80 bits per heavy atom. The summed E-state index contributed by atoms with van der Waals surface area (Å²) in [5.41, 5.74) is 1.35.